The molecule has 0 fully saturated rings. The van der Waals surface area contributed by atoms with Gasteiger partial charge in [-0.25, -0.2) is 9.67 Å². The molecule has 1 amide bonds. The molecular weight excluding hydrogens is 333 g/mol. The van der Waals surface area contributed by atoms with Gasteiger partial charge in [0.15, 0.2) is 5.69 Å². The Morgan fingerprint density at radius 3 is 2.52 bits per heavy atom. The van der Waals surface area contributed by atoms with Crippen LogP contribution in [-0.4, -0.2) is 20.7 Å². The fraction of sp³-hybridized carbons (Fsp3) is 0.118. The van der Waals surface area contributed by atoms with Crippen LogP contribution in [0, 0.1) is 6.92 Å². The van der Waals surface area contributed by atoms with E-state index in [2.05, 4.69) is 15.4 Å². The van der Waals surface area contributed by atoms with Crippen molar-refractivity contribution in [3.63, 3.8) is 0 Å². The molecule has 2 aromatic heterocycles. The van der Waals surface area contributed by atoms with Gasteiger partial charge in [-0.05, 0) is 36.8 Å². The third-order valence-corrected chi connectivity index (χ3v) is 3.44. The minimum absolute atomic E-state index is 0.172. The lowest BCUT2D eigenvalue weighted by molar-refractivity contribution is -0.143. The topological polar surface area (TPSA) is 59.8 Å². The number of nitrogens with one attached hydrogen (secondary N) is 1. The summed E-state index contributed by atoms with van der Waals surface area (Å²) < 4.78 is 41.3. The summed E-state index contributed by atoms with van der Waals surface area (Å²) in [5.74, 6) is -0.752. The van der Waals surface area contributed by atoms with Crippen LogP contribution in [-0.2, 0) is 6.18 Å². The first-order chi connectivity index (χ1) is 11.9. The van der Waals surface area contributed by atoms with E-state index >= 15 is 0 Å². The standard InChI is InChI=1S/C17H13F3N4O/c1-11-7-8-21-14(9-11)23-16(25)13-10-22-24(15(13)17(18,19)20)12-5-3-2-4-6-12/h2-10H,1H3,(H,21,23,25). The molecule has 0 unspecified atom stereocenters. The molecule has 2 heterocycles. The summed E-state index contributed by atoms with van der Waals surface area (Å²) in [6.45, 7) is 1.78. The Balaban J connectivity index is 2.02. The fourth-order valence-corrected chi connectivity index (χ4v) is 2.34. The quantitative estimate of drug-likeness (QED) is 0.784. The summed E-state index contributed by atoms with van der Waals surface area (Å²) in [6.07, 6.45) is -2.39. The highest BCUT2D eigenvalue weighted by molar-refractivity contribution is 6.04. The molecule has 0 atom stereocenters. The van der Waals surface area contributed by atoms with E-state index in [1.807, 2.05) is 0 Å². The van der Waals surface area contributed by atoms with Crippen molar-refractivity contribution in [3.8, 4) is 5.69 Å². The number of para-hydroxylation sites is 1. The van der Waals surface area contributed by atoms with Crippen LogP contribution in [0.4, 0.5) is 19.0 Å². The molecule has 0 saturated carbocycles. The number of amides is 1. The van der Waals surface area contributed by atoms with Crippen molar-refractivity contribution in [1.29, 1.82) is 0 Å². The van der Waals surface area contributed by atoms with E-state index in [-0.39, 0.29) is 11.5 Å². The number of rotatable bonds is 3. The van der Waals surface area contributed by atoms with Crippen LogP contribution in [0.2, 0.25) is 0 Å². The first-order valence-corrected chi connectivity index (χ1v) is 7.31. The number of anilines is 1. The average molecular weight is 346 g/mol. The predicted octanol–water partition coefficient (Wildman–Crippen LogP) is 3.85. The Hall–Kier alpha value is -3.16. The number of halogens is 3. The Morgan fingerprint density at radius 1 is 1.16 bits per heavy atom. The average Bonchev–Trinajstić information content (AvgIpc) is 3.01. The summed E-state index contributed by atoms with van der Waals surface area (Å²) in [5.41, 5.74) is -0.674. The number of benzene rings is 1. The molecule has 0 aliphatic heterocycles. The number of hydrogen-bond acceptors (Lipinski definition) is 3. The smallest absolute Gasteiger partial charge is 0.306 e. The van der Waals surface area contributed by atoms with Crippen molar-refractivity contribution in [3.05, 3.63) is 71.7 Å². The highest BCUT2D eigenvalue weighted by Gasteiger charge is 2.40. The molecule has 8 heteroatoms. The highest BCUT2D eigenvalue weighted by Crippen LogP contribution is 2.33. The van der Waals surface area contributed by atoms with Crippen molar-refractivity contribution in [1.82, 2.24) is 14.8 Å². The molecule has 3 aromatic rings. The number of carbonyl (C=O) groups is 1. The van der Waals surface area contributed by atoms with Crippen molar-refractivity contribution in [2.24, 2.45) is 0 Å². The molecule has 1 N–H and O–H groups in total. The molecule has 0 radical (unpaired) electrons. The Kier molecular flexibility index (Phi) is 4.26. The molecule has 128 valence electrons. The van der Waals surface area contributed by atoms with Crippen LogP contribution in [0.5, 0.6) is 0 Å². The van der Waals surface area contributed by atoms with E-state index in [1.165, 1.54) is 18.3 Å². The van der Waals surface area contributed by atoms with Crippen LogP contribution >= 0.6 is 0 Å². The van der Waals surface area contributed by atoms with E-state index in [4.69, 9.17) is 0 Å². The summed E-state index contributed by atoms with van der Waals surface area (Å²) in [6, 6.07) is 11.1. The number of aryl methyl sites for hydroxylation is 1. The van der Waals surface area contributed by atoms with Gasteiger partial charge >= 0.3 is 6.18 Å². The van der Waals surface area contributed by atoms with E-state index < -0.39 is 23.3 Å². The van der Waals surface area contributed by atoms with Crippen molar-refractivity contribution in [2.75, 3.05) is 5.32 Å². The Morgan fingerprint density at radius 2 is 1.88 bits per heavy atom. The lowest BCUT2D eigenvalue weighted by Gasteiger charge is -2.12. The van der Waals surface area contributed by atoms with Crippen molar-refractivity contribution in [2.45, 2.75) is 13.1 Å². The SMILES string of the molecule is Cc1ccnc(NC(=O)c2cnn(-c3ccccc3)c2C(F)(F)F)c1. The molecule has 5 nitrogen and oxygen atoms in total. The highest BCUT2D eigenvalue weighted by atomic mass is 19.4. The number of aromatic nitrogens is 3. The van der Waals surface area contributed by atoms with Gasteiger partial charge < -0.3 is 5.32 Å². The second-order valence-electron chi connectivity index (χ2n) is 5.32. The number of nitrogens with zero attached hydrogens (tertiary/aromatic N) is 3. The number of carbonyl (C=O) groups excluding carboxylic acids is 1. The van der Waals surface area contributed by atoms with Gasteiger partial charge in [-0.2, -0.15) is 18.3 Å². The first-order valence-electron chi connectivity index (χ1n) is 7.31. The first kappa shape index (κ1) is 16.7. The second kappa shape index (κ2) is 6.39. The van der Waals surface area contributed by atoms with Gasteiger partial charge in [0.25, 0.3) is 5.91 Å². The van der Waals surface area contributed by atoms with Gasteiger partial charge in [0.1, 0.15) is 5.82 Å². The molecule has 0 aliphatic carbocycles. The van der Waals surface area contributed by atoms with E-state index in [9.17, 15) is 18.0 Å². The molecule has 0 spiro atoms. The van der Waals surface area contributed by atoms with Crippen LogP contribution in [0.15, 0.2) is 54.9 Å². The van der Waals surface area contributed by atoms with Gasteiger partial charge in [-0.15, -0.1) is 0 Å². The van der Waals surface area contributed by atoms with Crippen LogP contribution in [0.3, 0.4) is 0 Å². The van der Waals surface area contributed by atoms with Gasteiger partial charge in [-0.3, -0.25) is 4.79 Å². The maximum atomic E-state index is 13.5. The largest absolute Gasteiger partial charge is 0.434 e. The minimum Gasteiger partial charge on any atom is -0.306 e. The van der Waals surface area contributed by atoms with Gasteiger partial charge in [0.05, 0.1) is 17.4 Å². The zero-order valence-corrected chi connectivity index (χ0v) is 13.1. The zero-order valence-electron chi connectivity index (χ0n) is 13.1. The lowest BCUT2D eigenvalue weighted by atomic mass is 10.2. The summed E-state index contributed by atoms with van der Waals surface area (Å²) in [7, 11) is 0. The van der Waals surface area contributed by atoms with E-state index in [0.29, 0.717) is 4.68 Å². The molecular formula is C17H13F3N4O. The summed E-state index contributed by atoms with van der Waals surface area (Å²) >= 11 is 0. The maximum absolute atomic E-state index is 13.5. The monoisotopic (exact) mass is 346 g/mol. The molecule has 1 aromatic carbocycles. The molecule has 0 aliphatic rings. The number of alkyl halides is 3. The normalized spacial score (nSPS) is 11.4. The lowest BCUT2D eigenvalue weighted by Crippen LogP contribution is -2.21. The predicted molar refractivity (Wildman–Crippen MR) is 85.5 cm³/mol. The third-order valence-electron chi connectivity index (χ3n) is 3.44. The second-order valence-corrected chi connectivity index (χ2v) is 5.32. The van der Waals surface area contributed by atoms with E-state index in [1.54, 1.807) is 37.3 Å². The van der Waals surface area contributed by atoms with Crippen LogP contribution < -0.4 is 5.32 Å². The fourth-order valence-electron chi connectivity index (χ4n) is 2.34. The zero-order chi connectivity index (χ0) is 18.0. The van der Waals surface area contributed by atoms with Crippen LogP contribution in [0.1, 0.15) is 21.6 Å². The van der Waals surface area contributed by atoms with Gasteiger partial charge in [0.2, 0.25) is 0 Å². The van der Waals surface area contributed by atoms with Crippen LogP contribution in [0.25, 0.3) is 5.69 Å². The van der Waals surface area contributed by atoms with Crippen molar-refractivity contribution < 1.29 is 18.0 Å². The summed E-state index contributed by atoms with van der Waals surface area (Å²) in [5, 5.41) is 6.12. The van der Waals surface area contributed by atoms with Gasteiger partial charge in [-0.1, -0.05) is 18.2 Å². The molecule has 3 rings (SSSR count). The summed E-state index contributed by atoms with van der Waals surface area (Å²) in [4.78, 5) is 16.3. The van der Waals surface area contributed by atoms with E-state index in [0.717, 1.165) is 11.8 Å². The Bertz CT molecular complexity index is 904. The number of pyridine rings is 1. The minimum atomic E-state index is -4.75. The van der Waals surface area contributed by atoms with Crippen molar-refractivity contribution >= 4 is 11.7 Å². The van der Waals surface area contributed by atoms with Gasteiger partial charge in [0, 0.05) is 6.20 Å². The number of hydrogen-bond donors (Lipinski definition) is 1. The Labute approximate surface area is 141 Å². The molecule has 0 bridgehead atoms. The third kappa shape index (κ3) is 3.52. The molecule has 25 heavy (non-hydrogen) atoms. The maximum Gasteiger partial charge on any atom is 0.434 e. The molecule has 0 saturated heterocycles.